The molecule has 0 saturated heterocycles. The van der Waals surface area contributed by atoms with Crippen LogP contribution in [0.5, 0.6) is 0 Å². The number of nitrogens with two attached hydrogens (primary N) is 1. The number of aromatic amines is 1. The van der Waals surface area contributed by atoms with E-state index < -0.39 is 0 Å². The topological polar surface area (TPSA) is 165 Å². The summed E-state index contributed by atoms with van der Waals surface area (Å²) in [6.45, 7) is 8.28. The summed E-state index contributed by atoms with van der Waals surface area (Å²) in [6.07, 6.45) is 7.53. The second kappa shape index (κ2) is 20.9. The number of nitrogens with one attached hydrogen (secondary N) is 1. The van der Waals surface area contributed by atoms with E-state index in [0.29, 0.717) is 84.9 Å². The molecule has 0 fully saturated rings. The predicted molar refractivity (Wildman–Crippen MR) is 199 cm³/mol. The molecule has 6 rings (SSSR count). The van der Waals surface area contributed by atoms with Gasteiger partial charge in [-0.2, -0.15) is 5.10 Å². The molecule has 14 nitrogen and oxygen atoms in total. The van der Waals surface area contributed by atoms with E-state index in [2.05, 4.69) is 72.1 Å². The Morgan fingerprint density at radius 3 is 2.29 bits per heavy atom. The highest BCUT2D eigenvalue weighted by molar-refractivity contribution is 9.09. The summed E-state index contributed by atoms with van der Waals surface area (Å²) in [6, 6.07) is 10.8. The lowest BCUT2D eigenvalue weighted by Gasteiger charge is -2.25. The summed E-state index contributed by atoms with van der Waals surface area (Å²) in [5, 5.41) is 7.54. The molecule has 5 aromatic rings. The standard InChI is InChI=1S/C23H22N8.C13H25BrO6/c1-30-7-5-15-8-14(2-3-17(15)12-30)11-31-23-19(21(24)27-13-28-23)20(29-31)18-9-16-4-6-25-22(16)26-10-18;14-2-5-17-7-9-19-11-13-20-12-10-18-8-6-16-4-1-3-15/h2-4,6,8-10,13H,5,7,11-12H2,1H3,(H,25,26)(H2,24,27,28);3H,1-2,4-13H2. The Labute approximate surface area is 306 Å². The van der Waals surface area contributed by atoms with Gasteiger partial charge in [-0.25, -0.2) is 19.6 Å². The lowest BCUT2D eigenvalue weighted by molar-refractivity contribution is -0.108. The zero-order valence-corrected chi connectivity index (χ0v) is 30.7. The van der Waals surface area contributed by atoms with Crippen LogP contribution in [-0.2, 0) is 48.0 Å². The molecule has 1 aliphatic rings. The Morgan fingerprint density at radius 2 is 1.59 bits per heavy atom. The number of fused-ring (bicyclic) bond motifs is 3. The smallest absolute Gasteiger partial charge is 0.164 e. The molecular weight excluding hydrogens is 720 g/mol. The summed E-state index contributed by atoms with van der Waals surface area (Å²) < 4.78 is 28.2. The van der Waals surface area contributed by atoms with E-state index in [9.17, 15) is 4.79 Å². The van der Waals surface area contributed by atoms with Crippen molar-refractivity contribution >= 4 is 50.1 Å². The normalized spacial score (nSPS) is 13.0. The largest absolute Gasteiger partial charge is 0.383 e. The molecule has 4 aromatic heterocycles. The number of aldehydes is 1. The predicted octanol–water partition coefficient (Wildman–Crippen LogP) is 4.04. The number of carbonyl (C=O) groups is 1. The summed E-state index contributed by atoms with van der Waals surface area (Å²) >= 11 is 3.27. The van der Waals surface area contributed by atoms with E-state index in [1.165, 1.54) is 23.0 Å². The lowest BCUT2D eigenvalue weighted by Crippen LogP contribution is -2.26. The monoisotopic (exact) mass is 766 g/mol. The van der Waals surface area contributed by atoms with Crippen LogP contribution >= 0.6 is 15.9 Å². The molecule has 0 spiro atoms. The average molecular weight is 768 g/mol. The van der Waals surface area contributed by atoms with E-state index >= 15 is 0 Å². The van der Waals surface area contributed by atoms with Crippen LogP contribution in [0.15, 0.2) is 49.1 Å². The quantitative estimate of drug-likeness (QED) is 0.0665. The Bertz CT molecular complexity index is 1800. The first-order valence-corrected chi connectivity index (χ1v) is 18.3. The van der Waals surface area contributed by atoms with Crippen LogP contribution in [0.2, 0.25) is 0 Å². The Morgan fingerprint density at radius 1 is 0.882 bits per heavy atom. The highest BCUT2D eigenvalue weighted by Gasteiger charge is 2.19. The minimum atomic E-state index is 0.425. The van der Waals surface area contributed by atoms with Crippen LogP contribution in [0, 0.1) is 0 Å². The number of aromatic nitrogens is 6. The molecule has 3 N–H and O–H groups in total. The number of carbonyl (C=O) groups excluding carboxylic acids is 1. The van der Waals surface area contributed by atoms with Gasteiger partial charge in [0.15, 0.2) is 5.65 Å². The van der Waals surface area contributed by atoms with Crippen LogP contribution in [-0.4, -0.2) is 126 Å². The third kappa shape index (κ3) is 11.6. The third-order valence-corrected chi connectivity index (χ3v) is 8.45. The van der Waals surface area contributed by atoms with Crippen molar-refractivity contribution in [1.29, 1.82) is 0 Å². The fourth-order valence-corrected chi connectivity index (χ4v) is 5.83. The number of nitrogens with zero attached hydrogens (tertiary/aromatic N) is 6. The van der Waals surface area contributed by atoms with Crippen LogP contribution < -0.4 is 5.73 Å². The van der Waals surface area contributed by atoms with E-state index in [1.54, 1.807) is 0 Å². The number of rotatable bonds is 20. The van der Waals surface area contributed by atoms with Gasteiger partial charge in [0, 0.05) is 48.2 Å². The van der Waals surface area contributed by atoms with Gasteiger partial charge < -0.3 is 44.1 Å². The highest BCUT2D eigenvalue weighted by Crippen LogP contribution is 2.31. The Kier molecular flexibility index (Phi) is 15.7. The molecule has 15 heteroatoms. The molecule has 0 saturated carbocycles. The van der Waals surface area contributed by atoms with Crippen molar-refractivity contribution in [2.45, 2.75) is 25.9 Å². The fraction of sp³-hybridized carbons (Fsp3) is 0.472. The van der Waals surface area contributed by atoms with E-state index in [-0.39, 0.29) is 0 Å². The summed E-state index contributed by atoms with van der Waals surface area (Å²) in [5.74, 6) is 0.425. The van der Waals surface area contributed by atoms with Crippen molar-refractivity contribution in [1.82, 2.24) is 34.6 Å². The molecular formula is C36H47BrN8O6. The van der Waals surface area contributed by atoms with Crippen molar-refractivity contribution in [3.63, 3.8) is 0 Å². The first kappa shape index (κ1) is 38.4. The zero-order valence-electron chi connectivity index (χ0n) is 29.1. The minimum Gasteiger partial charge on any atom is -0.383 e. The van der Waals surface area contributed by atoms with Gasteiger partial charge in [-0.3, -0.25) is 0 Å². The summed E-state index contributed by atoms with van der Waals surface area (Å²) in [4.78, 5) is 28.7. The van der Waals surface area contributed by atoms with Gasteiger partial charge in [0.2, 0.25) is 0 Å². The van der Waals surface area contributed by atoms with E-state index in [0.717, 1.165) is 64.5 Å². The van der Waals surface area contributed by atoms with Gasteiger partial charge in [-0.05, 0) is 42.3 Å². The van der Waals surface area contributed by atoms with Crippen molar-refractivity contribution in [2.75, 3.05) is 90.7 Å². The number of alkyl halides is 1. The van der Waals surface area contributed by atoms with Gasteiger partial charge in [-0.1, -0.05) is 34.1 Å². The zero-order chi connectivity index (χ0) is 35.7. The maximum atomic E-state index is 10.0. The van der Waals surface area contributed by atoms with Gasteiger partial charge in [-0.15, -0.1) is 0 Å². The molecule has 0 atom stereocenters. The molecule has 274 valence electrons. The van der Waals surface area contributed by atoms with Crippen molar-refractivity contribution in [2.24, 2.45) is 0 Å². The molecule has 0 aliphatic carbocycles. The number of ether oxygens (including phenoxy) is 5. The van der Waals surface area contributed by atoms with Crippen molar-refractivity contribution in [3.8, 4) is 11.3 Å². The van der Waals surface area contributed by atoms with Gasteiger partial charge in [0.25, 0.3) is 0 Å². The number of likely N-dealkylation sites (N-methyl/N-ethyl adjacent to an activating group) is 1. The van der Waals surface area contributed by atoms with E-state index in [4.69, 9.17) is 34.5 Å². The number of pyridine rings is 1. The molecule has 51 heavy (non-hydrogen) atoms. The SMILES string of the molecule is CN1CCc2cc(Cn3nc(-c4cnc5[nH]ccc5c4)c4c(N)ncnc43)ccc2C1.O=CCCOCCOCCOCCOCCOCCBr. The Hall–Kier alpha value is -3.83. The van der Waals surface area contributed by atoms with Gasteiger partial charge >= 0.3 is 0 Å². The molecule has 0 radical (unpaired) electrons. The summed E-state index contributed by atoms with van der Waals surface area (Å²) in [7, 11) is 2.16. The summed E-state index contributed by atoms with van der Waals surface area (Å²) in [5.41, 5.74) is 13.5. The van der Waals surface area contributed by atoms with Crippen LogP contribution in [0.25, 0.3) is 33.3 Å². The second-order valence-corrected chi connectivity index (χ2v) is 12.7. The maximum Gasteiger partial charge on any atom is 0.164 e. The van der Waals surface area contributed by atoms with Gasteiger partial charge in [0.1, 0.15) is 29.8 Å². The molecule has 1 aromatic carbocycles. The molecule has 1 aliphatic heterocycles. The second-order valence-electron chi connectivity index (χ2n) is 11.9. The van der Waals surface area contributed by atoms with Crippen molar-refractivity contribution in [3.05, 3.63) is 65.7 Å². The van der Waals surface area contributed by atoms with Gasteiger partial charge in [0.05, 0.1) is 78.0 Å². The highest BCUT2D eigenvalue weighted by atomic mass is 79.9. The number of hydrogen-bond acceptors (Lipinski definition) is 12. The average Bonchev–Trinajstić information content (AvgIpc) is 3.77. The van der Waals surface area contributed by atoms with Crippen LogP contribution in [0.1, 0.15) is 23.1 Å². The number of benzene rings is 1. The number of nitrogen functional groups attached to an aromatic ring is 1. The molecule has 0 bridgehead atoms. The first-order chi connectivity index (χ1) is 25.1. The first-order valence-electron chi connectivity index (χ1n) is 17.2. The van der Waals surface area contributed by atoms with Crippen molar-refractivity contribution < 1.29 is 28.5 Å². The number of hydrogen-bond donors (Lipinski definition) is 2. The molecule has 5 heterocycles. The number of H-pyrrole nitrogens is 1. The van der Waals surface area contributed by atoms with Crippen LogP contribution in [0.4, 0.5) is 5.82 Å². The minimum absolute atomic E-state index is 0.425. The lowest BCUT2D eigenvalue weighted by atomic mass is 9.97. The Balaban J connectivity index is 0.000000221. The maximum absolute atomic E-state index is 10.0. The van der Waals surface area contributed by atoms with Crippen LogP contribution in [0.3, 0.4) is 0 Å². The molecule has 0 unspecified atom stereocenters. The fourth-order valence-electron chi connectivity index (χ4n) is 5.60. The molecule has 0 amide bonds. The third-order valence-electron chi connectivity index (χ3n) is 8.13. The van der Waals surface area contributed by atoms with E-state index in [1.807, 2.05) is 23.1 Å². The number of halogens is 1. The number of anilines is 1.